The number of carbonyl (C=O) groups excluding carboxylic acids is 4. The molecule has 4 atom stereocenters. The van der Waals surface area contributed by atoms with Crippen LogP contribution in [0.3, 0.4) is 0 Å². The minimum atomic E-state index is -0.524. The maximum Gasteiger partial charge on any atom is 0.345 e. The second-order valence-corrected chi connectivity index (χ2v) is 15.0. The summed E-state index contributed by atoms with van der Waals surface area (Å²) >= 11 is 1.01. The highest BCUT2D eigenvalue weighted by molar-refractivity contribution is 8.13. The van der Waals surface area contributed by atoms with Crippen molar-refractivity contribution < 1.29 is 43.5 Å². The Hall–Kier alpha value is -5.11. The third-order valence-corrected chi connectivity index (χ3v) is 10.7. The lowest BCUT2D eigenvalue weighted by Gasteiger charge is -2.28. The number of urea groups is 2. The first-order chi connectivity index (χ1) is 28.1. The summed E-state index contributed by atoms with van der Waals surface area (Å²) in [6.07, 6.45) is 4.42. The first-order valence-electron chi connectivity index (χ1n) is 19.4. The lowest BCUT2D eigenvalue weighted by Crippen LogP contribution is -2.49. The summed E-state index contributed by atoms with van der Waals surface area (Å²) in [7, 11) is 0. The number of rotatable bonds is 15. The zero-order chi connectivity index (χ0) is 41.4. The predicted molar refractivity (Wildman–Crippen MR) is 213 cm³/mol. The maximum atomic E-state index is 12.8. The lowest BCUT2D eigenvalue weighted by atomic mass is 10.0. The predicted octanol–water partition coefficient (Wildman–Crippen LogP) is 5.75. The molecule has 4 saturated heterocycles. The molecule has 3 N–H and O–H groups in total. The van der Waals surface area contributed by atoms with Crippen LogP contribution in [-0.2, 0) is 42.2 Å². The Morgan fingerprint density at radius 2 is 1.26 bits per heavy atom. The number of nitrogens with two attached hydrogens (primary N) is 1. The number of hydroxylamine groups is 5. The number of piperidine rings is 2. The van der Waals surface area contributed by atoms with E-state index in [1.807, 2.05) is 74.5 Å². The number of nitrogens with zero attached hydrogens (tertiary/aromatic N) is 5. The Balaban J connectivity index is 0.000000201. The fraction of sp³-hybridized carbons (Fsp3) is 0.450. The molecule has 58 heavy (non-hydrogen) atoms. The SMILES string of the molecule is CCCON.CCCONC(=O)[C@@H]1CC[C@@H]2CN1C(=O)N2OCc1ccccc1.O=C(Sc1ccc([N+](=O)[O-])cc1)[C@@H]1CC[C@@H]2CN1C(=O)N2OCc1ccccc1. The highest BCUT2D eigenvalue weighted by atomic mass is 32.2. The number of nitro groups is 1. The summed E-state index contributed by atoms with van der Waals surface area (Å²) in [5.74, 6) is 4.38. The van der Waals surface area contributed by atoms with Crippen molar-refractivity contribution in [3.63, 3.8) is 0 Å². The second kappa shape index (κ2) is 22.2. The average molecular weight is 822 g/mol. The van der Waals surface area contributed by atoms with Gasteiger partial charge in [-0.2, -0.15) is 10.1 Å². The number of nitrogens with one attached hydrogen (secondary N) is 1. The van der Waals surface area contributed by atoms with Gasteiger partial charge in [0.05, 0.1) is 30.2 Å². The summed E-state index contributed by atoms with van der Waals surface area (Å²) in [4.78, 5) is 85.1. The number of thioether (sulfide) groups is 1. The summed E-state index contributed by atoms with van der Waals surface area (Å²) in [6.45, 7) is 6.71. The molecule has 3 aromatic carbocycles. The van der Waals surface area contributed by atoms with Crippen molar-refractivity contribution >= 4 is 40.5 Å². The number of carbonyl (C=O) groups is 4. The molecule has 0 unspecified atom stereocenters. The first kappa shape index (κ1) is 44.0. The summed E-state index contributed by atoms with van der Waals surface area (Å²) in [5.41, 5.74) is 4.39. The van der Waals surface area contributed by atoms with Crippen molar-refractivity contribution in [1.82, 2.24) is 25.4 Å². The highest BCUT2D eigenvalue weighted by Gasteiger charge is 2.49. The van der Waals surface area contributed by atoms with Crippen molar-refractivity contribution in [2.45, 2.75) is 94.6 Å². The zero-order valence-electron chi connectivity index (χ0n) is 32.7. The van der Waals surface area contributed by atoms with Crippen LogP contribution in [0.2, 0.25) is 0 Å². The van der Waals surface area contributed by atoms with Crippen LogP contribution < -0.4 is 11.4 Å². The van der Waals surface area contributed by atoms with E-state index in [0.717, 1.165) is 42.2 Å². The van der Waals surface area contributed by atoms with Gasteiger partial charge in [0.25, 0.3) is 11.6 Å². The third-order valence-electron chi connectivity index (χ3n) is 9.71. The fourth-order valence-corrected chi connectivity index (χ4v) is 7.67. The quantitative estimate of drug-likeness (QED) is 0.0817. The number of hydrogen-bond acceptors (Lipinski definition) is 12. The van der Waals surface area contributed by atoms with Crippen LogP contribution in [-0.4, -0.2) is 98.4 Å². The molecule has 4 aliphatic heterocycles. The van der Waals surface area contributed by atoms with Gasteiger partial charge in [-0.3, -0.25) is 34.2 Å². The van der Waals surface area contributed by atoms with Gasteiger partial charge in [0, 0.05) is 30.1 Å². The summed E-state index contributed by atoms with van der Waals surface area (Å²) in [6, 6.07) is 23.5. The Morgan fingerprint density at radius 1 is 0.759 bits per heavy atom. The van der Waals surface area contributed by atoms with E-state index in [-0.39, 0.29) is 40.9 Å². The van der Waals surface area contributed by atoms with Crippen LogP contribution in [0.1, 0.15) is 63.5 Å². The lowest BCUT2D eigenvalue weighted by molar-refractivity contribution is -0.384. The minimum Gasteiger partial charge on any atom is -0.310 e. The van der Waals surface area contributed by atoms with Gasteiger partial charge in [0.15, 0.2) is 0 Å². The van der Waals surface area contributed by atoms with Crippen molar-refractivity contribution in [3.05, 3.63) is 106 Å². The number of nitro benzene ring substituents is 1. The molecular formula is C40H51N7O10S. The molecule has 3 aromatic rings. The minimum absolute atomic E-state index is 0.00169. The van der Waals surface area contributed by atoms with Crippen molar-refractivity contribution in [2.24, 2.45) is 5.90 Å². The number of amides is 5. The van der Waals surface area contributed by atoms with Crippen LogP contribution >= 0.6 is 11.8 Å². The van der Waals surface area contributed by atoms with E-state index < -0.39 is 17.0 Å². The number of hydrogen-bond donors (Lipinski definition) is 2. The monoisotopic (exact) mass is 821 g/mol. The molecule has 17 nitrogen and oxygen atoms in total. The Kier molecular flexibility index (Phi) is 16.8. The average Bonchev–Trinajstić information content (AvgIpc) is 3.63. The van der Waals surface area contributed by atoms with Crippen molar-refractivity contribution in [3.8, 4) is 0 Å². The topological polar surface area (TPSA) is 199 Å². The van der Waals surface area contributed by atoms with Gasteiger partial charge >= 0.3 is 12.1 Å². The van der Waals surface area contributed by atoms with E-state index in [4.69, 9.17) is 14.5 Å². The van der Waals surface area contributed by atoms with Crippen molar-refractivity contribution in [1.29, 1.82) is 0 Å². The van der Waals surface area contributed by atoms with Crippen LogP contribution in [0.15, 0.2) is 89.8 Å². The van der Waals surface area contributed by atoms with Crippen LogP contribution in [0, 0.1) is 10.1 Å². The molecule has 0 radical (unpaired) electrons. The largest absolute Gasteiger partial charge is 0.345 e. The molecule has 4 aliphatic rings. The maximum absolute atomic E-state index is 12.8. The van der Waals surface area contributed by atoms with Crippen LogP contribution in [0.4, 0.5) is 15.3 Å². The standard InChI is InChI=1S/C20H19N3O5S.C17H23N3O4.C3H9NO/c24-19(29-17-9-6-15(7-10-17)23(26)27)18-11-8-16-12-21(18)20(25)22(16)28-13-14-4-2-1-3-5-14;1-2-10-23-18-16(21)15-9-8-14-11-19(15)17(22)20(14)24-12-13-6-4-3-5-7-13;1-2-3-5-4/h1-7,9-10,16,18H,8,11-13H2;3-7,14-15H,2,8-12H2,1H3,(H,18,21);2-4H2,1H3/t16-,18+;14-,15+;/m11./s1. The Labute approximate surface area is 341 Å². The molecule has 0 aromatic heterocycles. The second-order valence-electron chi connectivity index (χ2n) is 13.9. The van der Waals surface area contributed by atoms with Gasteiger partial charge in [-0.25, -0.2) is 21.0 Å². The molecule has 0 spiro atoms. The van der Waals surface area contributed by atoms with Gasteiger partial charge in [-0.15, -0.1) is 0 Å². The highest BCUT2D eigenvalue weighted by Crippen LogP contribution is 2.35. The number of fused-ring (bicyclic) bond motifs is 4. The molecule has 18 heteroatoms. The normalized spacial score (nSPS) is 20.5. The van der Waals surface area contributed by atoms with E-state index in [0.29, 0.717) is 63.7 Å². The fourth-order valence-electron chi connectivity index (χ4n) is 6.78. The van der Waals surface area contributed by atoms with Crippen molar-refractivity contribution in [2.75, 3.05) is 26.3 Å². The van der Waals surface area contributed by atoms with E-state index in [1.165, 1.54) is 22.3 Å². The van der Waals surface area contributed by atoms with Gasteiger partial charge < -0.3 is 14.6 Å². The van der Waals surface area contributed by atoms with Crippen LogP contribution in [0.5, 0.6) is 0 Å². The molecule has 0 saturated carbocycles. The molecule has 7 rings (SSSR count). The Bertz CT molecular complexity index is 1810. The smallest absolute Gasteiger partial charge is 0.310 e. The first-order valence-corrected chi connectivity index (χ1v) is 20.2. The van der Waals surface area contributed by atoms with Gasteiger partial charge in [0.1, 0.15) is 25.3 Å². The zero-order valence-corrected chi connectivity index (χ0v) is 33.5. The van der Waals surface area contributed by atoms with E-state index >= 15 is 0 Å². The molecular weight excluding hydrogens is 771 g/mol. The molecule has 4 bridgehead atoms. The summed E-state index contributed by atoms with van der Waals surface area (Å²) in [5, 5.41) is 13.4. The third kappa shape index (κ3) is 11.7. The molecule has 4 heterocycles. The van der Waals surface area contributed by atoms with Gasteiger partial charge in [0.2, 0.25) is 5.12 Å². The number of benzene rings is 3. The van der Waals surface area contributed by atoms with Gasteiger partial charge in [-0.1, -0.05) is 74.5 Å². The molecule has 0 aliphatic carbocycles. The van der Waals surface area contributed by atoms with E-state index in [1.54, 1.807) is 21.9 Å². The molecule has 5 amide bonds. The molecule has 312 valence electrons. The van der Waals surface area contributed by atoms with E-state index in [9.17, 15) is 29.3 Å². The van der Waals surface area contributed by atoms with E-state index in [2.05, 4.69) is 16.2 Å². The Morgan fingerprint density at radius 3 is 1.72 bits per heavy atom. The van der Waals surface area contributed by atoms with Crippen LogP contribution in [0.25, 0.3) is 0 Å². The molecule has 4 fully saturated rings. The number of non-ortho nitro benzene ring substituents is 1. The van der Waals surface area contributed by atoms with Gasteiger partial charge in [-0.05, 0) is 73.5 Å². The summed E-state index contributed by atoms with van der Waals surface area (Å²) < 4.78 is 0.